The molecule has 5 nitrogen and oxygen atoms in total. The van der Waals surface area contributed by atoms with E-state index in [1.807, 2.05) is 36.6 Å². The van der Waals surface area contributed by atoms with Gasteiger partial charge in [-0.2, -0.15) is 0 Å². The summed E-state index contributed by atoms with van der Waals surface area (Å²) >= 11 is 1.34. The van der Waals surface area contributed by atoms with Crippen molar-refractivity contribution in [3.8, 4) is 11.5 Å². The van der Waals surface area contributed by atoms with E-state index in [9.17, 15) is 4.79 Å². The molecule has 3 rings (SSSR count). The number of benzene rings is 2. The molecule has 1 heterocycles. The minimum Gasteiger partial charge on any atom is -0.479 e. The van der Waals surface area contributed by atoms with Gasteiger partial charge in [0.2, 0.25) is 0 Å². The topological polar surface area (TPSA) is 60.7 Å². The maximum Gasteiger partial charge on any atom is 0.344 e. The Kier molecular flexibility index (Phi) is 6.87. The molecule has 28 heavy (non-hydrogen) atoms. The van der Waals surface area contributed by atoms with Crippen LogP contribution in [0.5, 0.6) is 11.5 Å². The van der Waals surface area contributed by atoms with Crippen LogP contribution in [0.1, 0.15) is 25.3 Å². The van der Waals surface area contributed by atoms with Crippen LogP contribution < -0.4 is 8.92 Å². The van der Waals surface area contributed by atoms with E-state index in [2.05, 4.69) is 29.0 Å². The summed E-state index contributed by atoms with van der Waals surface area (Å²) in [6, 6.07) is 16.0. The zero-order chi connectivity index (χ0) is 19.9. The molecule has 1 N–H and O–H groups in total. The van der Waals surface area contributed by atoms with Gasteiger partial charge in [0.05, 0.1) is 12.0 Å². The molecule has 1 aromatic heterocycles. The van der Waals surface area contributed by atoms with Crippen LogP contribution in [-0.4, -0.2) is 28.0 Å². The number of nitrogens with zero attached hydrogens (tertiary/aromatic N) is 1. The molecule has 0 amide bonds. The molecule has 0 aliphatic heterocycles. The van der Waals surface area contributed by atoms with Crippen LogP contribution in [0.25, 0.3) is 10.9 Å². The lowest BCUT2D eigenvalue weighted by Gasteiger charge is -2.13. The van der Waals surface area contributed by atoms with Gasteiger partial charge in [-0.3, -0.25) is 0 Å². The Hall–Kier alpha value is -2.60. The molecule has 0 saturated carbocycles. The Morgan fingerprint density at radius 3 is 2.57 bits per heavy atom. The lowest BCUT2D eigenvalue weighted by atomic mass is 10.1. The summed E-state index contributed by atoms with van der Waals surface area (Å²) in [5.74, 6) is 0.531. The molecule has 0 saturated heterocycles. The normalized spacial score (nSPS) is 12.1. The van der Waals surface area contributed by atoms with Crippen molar-refractivity contribution >= 4 is 28.9 Å². The minimum absolute atomic E-state index is 0.437. The van der Waals surface area contributed by atoms with Crippen LogP contribution >= 0.6 is 12.0 Å². The SMILES string of the molecule is CCC(Oc1ccc(CCCn2ccc3cc(OSC)ccc32)cc1)C(=O)O. The zero-order valence-corrected chi connectivity index (χ0v) is 16.9. The third-order valence-corrected chi connectivity index (χ3v) is 4.99. The molecule has 0 bridgehead atoms. The van der Waals surface area contributed by atoms with Gasteiger partial charge in [0.15, 0.2) is 6.10 Å². The first-order valence-corrected chi connectivity index (χ1v) is 10.5. The molecule has 0 aliphatic carbocycles. The fourth-order valence-corrected chi connectivity index (χ4v) is 3.48. The predicted molar refractivity (Wildman–Crippen MR) is 113 cm³/mol. The Balaban J connectivity index is 1.55. The molecule has 2 aromatic carbocycles. The van der Waals surface area contributed by atoms with Crippen molar-refractivity contribution in [2.45, 2.75) is 38.8 Å². The monoisotopic (exact) mass is 399 g/mol. The highest BCUT2D eigenvalue weighted by atomic mass is 32.2. The number of hydrogen-bond acceptors (Lipinski definition) is 4. The van der Waals surface area contributed by atoms with Crippen LogP contribution in [0.15, 0.2) is 54.7 Å². The van der Waals surface area contributed by atoms with Gasteiger partial charge in [-0.05, 0) is 61.2 Å². The number of rotatable bonds is 10. The number of hydrogen-bond donors (Lipinski definition) is 1. The maximum atomic E-state index is 11.1. The number of aliphatic carboxylic acids is 1. The van der Waals surface area contributed by atoms with Gasteiger partial charge >= 0.3 is 5.97 Å². The number of carboxylic acids is 1. The number of carboxylic acid groups (broad SMARTS) is 1. The molecular formula is C22H25NO4S. The van der Waals surface area contributed by atoms with E-state index in [1.54, 1.807) is 6.92 Å². The summed E-state index contributed by atoms with van der Waals surface area (Å²) < 4.78 is 13.2. The van der Waals surface area contributed by atoms with Gasteiger partial charge < -0.3 is 18.6 Å². The number of aryl methyl sites for hydroxylation is 2. The van der Waals surface area contributed by atoms with Crippen LogP contribution in [0.4, 0.5) is 0 Å². The smallest absolute Gasteiger partial charge is 0.344 e. The van der Waals surface area contributed by atoms with E-state index in [0.29, 0.717) is 12.2 Å². The quantitative estimate of drug-likeness (QED) is 0.477. The molecule has 1 unspecified atom stereocenters. The zero-order valence-electron chi connectivity index (χ0n) is 16.1. The minimum atomic E-state index is -0.933. The van der Waals surface area contributed by atoms with Crippen molar-refractivity contribution in [3.63, 3.8) is 0 Å². The highest BCUT2D eigenvalue weighted by Crippen LogP contribution is 2.24. The molecule has 6 heteroatoms. The molecule has 0 radical (unpaired) electrons. The first-order chi connectivity index (χ1) is 13.6. The average Bonchev–Trinajstić information content (AvgIpc) is 3.09. The summed E-state index contributed by atoms with van der Waals surface area (Å²) in [6.45, 7) is 2.73. The standard InChI is InChI=1S/C22H25NO4S/c1-3-21(22(24)25)26-18-8-6-16(7-9-18)5-4-13-23-14-12-17-15-19(27-28-2)10-11-20(17)23/h6-12,14-15,21H,3-5,13H2,1-2H3,(H,24,25). The van der Waals surface area contributed by atoms with Gasteiger partial charge in [0, 0.05) is 29.9 Å². The highest BCUT2D eigenvalue weighted by Gasteiger charge is 2.16. The molecule has 1 atom stereocenters. The first kappa shape index (κ1) is 20.1. The molecule has 0 spiro atoms. The molecule has 148 valence electrons. The van der Waals surface area contributed by atoms with Gasteiger partial charge in [-0.15, -0.1) is 0 Å². The van der Waals surface area contributed by atoms with Crippen molar-refractivity contribution < 1.29 is 18.8 Å². The molecule has 3 aromatic rings. The van der Waals surface area contributed by atoms with E-state index in [1.165, 1.54) is 28.5 Å². The lowest BCUT2D eigenvalue weighted by Crippen LogP contribution is -2.25. The Bertz CT molecular complexity index is 920. The summed E-state index contributed by atoms with van der Waals surface area (Å²) in [6.07, 6.45) is 5.62. The van der Waals surface area contributed by atoms with Crippen LogP contribution in [0.2, 0.25) is 0 Å². The number of aromatic nitrogens is 1. The summed E-state index contributed by atoms with van der Waals surface area (Å²) in [4.78, 5) is 11.1. The molecule has 0 fully saturated rings. The predicted octanol–water partition coefficient (Wildman–Crippen LogP) is 5.17. The second-order valence-electron chi connectivity index (χ2n) is 6.58. The second-order valence-corrected chi connectivity index (χ2v) is 7.08. The summed E-state index contributed by atoms with van der Waals surface area (Å²) in [5, 5.41) is 10.3. The maximum absolute atomic E-state index is 11.1. The lowest BCUT2D eigenvalue weighted by molar-refractivity contribution is -0.145. The summed E-state index contributed by atoms with van der Waals surface area (Å²) in [7, 11) is 0. The van der Waals surface area contributed by atoms with Crippen molar-refractivity contribution in [3.05, 3.63) is 60.3 Å². The number of carbonyl (C=O) groups is 1. The van der Waals surface area contributed by atoms with Crippen molar-refractivity contribution in [1.29, 1.82) is 0 Å². The fraction of sp³-hybridized carbons (Fsp3) is 0.318. The van der Waals surface area contributed by atoms with Gasteiger partial charge in [-0.1, -0.05) is 19.1 Å². The Morgan fingerprint density at radius 1 is 1.14 bits per heavy atom. The van der Waals surface area contributed by atoms with Crippen molar-refractivity contribution in [2.75, 3.05) is 6.26 Å². The number of fused-ring (bicyclic) bond motifs is 1. The van der Waals surface area contributed by atoms with E-state index in [0.717, 1.165) is 25.1 Å². The first-order valence-electron chi connectivity index (χ1n) is 9.38. The van der Waals surface area contributed by atoms with E-state index >= 15 is 0 Å². The Labute approximate surface area is 169 Å². The highest BCUT2D eigenvalue weighted by molar-refractivity contribution is 7.94. The summed E-state index contributed by atoms with van der Waals surface area (Å²) in [5.41, 5.74) is 2.42. The third kappa shape index (κ3) is 5.01. The van der Waals surface area contributed by atoms with Crippen LogP contribution in [-0.2, 0) is 17.8 Å². The van der Waals surface area contributed by atoms with Crippen LogP contribution in [0, 0.1) is 0 Å². The second kappa shape index (κ2) is 9.55. The van der Waals surface area contributed by atoms with E-state index < -0.39 is 12.1 Å². The number of ether oxygens (including phenoxy) is 1. The van der Waals surface area contributed by atoms with E-state index in [-0.39, 0.29) is 0 Å². The fourth-order valence-electron chi connectivity index (χ4n) is 3.18. The Morgan fingerprint density at radius 2 is 1.89 bits per heavy atom. The molecular weight excluding hydrogens is 374 g/mol. The van der Waals surface area contributed by atoms with Crippen LogP contribution in [0.3, 0.4) is 0 Å². The average molecular weight is 400 g/mol. The van der Waals surface area contributed by atoms with Crippen molar-refractivity contribution in [1.82, 2.24) is 4.57 Å². The van der Waals surface area contributed by atoms with Crippen molar-refractivity contribution in [2.24, 2.45) is 0 Å². The van der Waals surface area contributed by atoms with E-state index in [4.69, 9.17) is 14.0 Å². The molecule has 0 aliphatic rings. The van der Waals surface area contributed by atoms with Gasteiger partial charge in [-0.25, -0.2) is 4.79 Å². The van der Waals surface area contributed by atoms with Gasteiger partial charge in [0.25, 0.3) is 0 Å². The van der Waals surface area contributed by atoms with Gasteiger partial charge in [0.1, 0.15) is 11.5 Å². The largest absolute Gasteiger partial charge is 0.479 e. The third-order valence-electron chi connectivity index (χ3n) is 4.63.